The zero-order valence-electron chi connectivity index (χ0n) is 9.26. The summed E-state index contributed by atoms with van der Waals surface area (Å²) in [4.78, 5) is 4.55. The van der Waals surface area contributed by atoms with Crippen molar-refractivity contribution in [2.24, 2.45) is 0 Å². The van der Waals surface area contributed by atoms with Crippen molar-refractivity contribution in [3.05, 3.63) is 40.6 Å². The van der Waals surface area contributed by atoms with E-state index >= 15 is 0 Å². The van der Waals surface area contributed by atoms with Crippen molar-refractivity contribution in [1.82, 2.24) is 4.98 Å². The van der Waals surface area contributed by atoms with Crippen LogP contribution in [-0.4, -0.2) is 4.98 Å². The maximum Gasteiger partial charge on any atom is 0.0713 e. The van der Waals surface area contributed by atoms with Crippen molar-refractivity contribution < 1.29 is 0 Å². The smallest absolute Gasteiger partial charge is 0.0713 e. The van der Waals surface area contributed by atoms with Gasteiger partial charge in [-0.3, -0.25) is 4.98 Å². The van der Waals surface area contributed by atoms with Crippen LogP contribution in [0.4, 0.5) is 0 Å². The summed E-state index contributed by atoms with van der Waals surface area (Å²) in [7, 11) is 0. The average molecular weight is 220 g/mol. The highest BCUT2D eigenvalue weighted by atomic mass is 35.5. The van der Waals surface area contributed by atoms with Crippen molar-refractivity contribution in [3.63, 3.8) is 0 Å². The molecule has 0 atom stereocenters. The largest absolute Gasteiger partial charge is 0.253 e. The molecule has 0 aliphatic carbocycles. The van der Waals surface area contributed by atoms with Gasteiger partial charge in [-0.15, -0.1) is 11.6 Å². The number of nitrogens with zero attached hydrogens (tertiary/aromatic N) is 1. The molecule has 0 unspecified atom stereocenters. The molecule has 1 heterocycles. The molecule has 2 rings (SSSR count). The van der Waals surface area contributed by atoms with Gasteiger partial charge in [-0.25, -0.2) is 0 Å². The van der Waals surface area contributed by atoms with Gasteiger partial charge in [-0.1, -0.05) is 6.07 Å². The minimum atomic E-state index is 0.545. The fraction of sp³-hybridized carbons (Fsp3) is 0.308. The summed E-state index contributed by atoms with van der Waals surface area (Å²) in [5.41, 5.74) is 5.77. The Morgan fingerprint density at radius 2 is 1.87 bits per heavy atom. The first-order valence-corrected chi connectivity index (χ1v) is 5.58. The fourth-order valence-corrected chi connectivity index (χ4v) is 2.31. The SMILES string of the molecule is Cc1cc(C)c2c(CCl)cc(C)nc2c1. The number of alkyl halides is 1. The van der Waals surface area contributed by atoms with Gasteiger partial charge in [0, 0.05) is 17.0 Å². The van der Waals surface area contributed by atoms with Crippen LogP contribution >= 0.6 is 11.6 Å². The number of rotatable bonds is 1. The molecule has 15 heavy (non-hydrogen) atoms. The first-order valence-electron chi connectivity index (χ1n) is 5.05. The summed E-state index contributed by atoms with van der Waals surface area (Å²) in [5, 5.41) is 1.21. The number of fused-ring (bicyclic) bond motifs is 1. The van der Waals surface area contributed by atoms with Crippen LogP contribution in [0.25, 0.3) is 10.9 Å². The van der Waals surface area contributed by atoms with Gasteiger partial charge in [-0.05, 0) is 49.6 Å². The molecular weight excluding hydrogens is 206 g/mol. The molecule has 2 heteroatoms. The summed E-state index contributed by atoms with van der Waals surface area (Å²) in [5.74, 6) is 0.545. The normalized spacial score (nSPS) is 10.9. The van der Waals surface area contributed by atoms with E-state index in [-0.39, 0.29) is 0 Å². The van der Waals surface area contributed by atoms with E-state index in [2.05, 4.69) is 37.0 Å². The van der Waals surface area contributed by atoms with Crippen LogP contribution in [-0.2, 0) is 5.88 Å². The van der Waals surface area contributed by atoms with E-state index in [9.17, 15) is 0 Å². The van der Waals surface area contributed by atoms with Gasteiger partial charge in [-0.2, -0.15) is 0 Å². The molecule has 1 aromatic carbocycles. The van der Waals surface area contributed by atoms with Crippen LogP contribution in [0.1, 0.15) is 22.4 Å². The number of pyridine rings is 1. The van der Waals surface area contributed by atoms with Gasteiger partial charge in [0.15, 0.2) is 0 Å². The molecular formula is C13H14ClN. The molecule has 0 N–H and O–H groups in total. The van der Waals surface area contributed by atoms with E-state index < -0.39 is 0 Å². The molecule has 0 bridgehead atoms. The van der Waals surface area contributed by atoms with Crippen LogP contribution in [0.5, 0.6) is 0 Å². The quantitative estimate of drug-likeness (QED) is 0.663. The lowest BCUT2D eigenvalue weighted by Gasteiger charge is -2.09. The van der Waals surface area contributed by atoms with E-state index in [4.69, 9.17) is 11.6 Å². The lowest BCUT2D eigenvalue weighted by Crippen LogP contribution is -1.93. The lowest BCUT2D eigenvalue weighted by atomic mass is 10.0. The Balaban J connectivity index is 2.90. The fourth-order valence-electron chi connectivity index (χ4n) is 2.10. The molecule has 0 fully saturated rings. The van der Waals surface area contributed by atoms with E-state index in [0.29, 0.717) is 5.88 Å². The number of benzene rings is 1. The van der Waals surface area contributed by atoms with Crippen molar-refractivity contribution >= 4 is 22.5 Å². The highest BCUT2D eigenvalue weighted by Crippen LogP contribution is 2.24. The van der Waals surface area contributed by atoms with Crippen molar-refractivity contribution in [2.45, 2.75) is 26.7 Å². The maximum absolute atomic E-state index is 5.96. The monoisotopic (exact) mass is 219 g/mol. The average Bonchev–Trinajstić information content (AvgIpc) is 2.14. The van der Waals surface area contributed by atoms with E-state index in [1.165, 1.54) is 22.1 Å². The van der Waals surface area contributed by atoms with E-state index in [1.807, 2.05) is 6.92 Å². The van der Waals surface area contributed by atoms with Gasteiger partial charge >= 0.3 is 0 Å². The molecule has 78 valence electrons. The Morgan fingerprint density at radius 3 is 2.53 bits per heavy atom. The minimum absolute atomic E-state index is 0.545. The third kappa shape index (κ3) is 1.84. The molecule has 0 spiro atoms. The summed E-state index contributed by atoms with van der Waals surface area (Å²) >= 11 is 5.96. The Kier molecular flexibility index (Phi) is 2.66. The van der Waals surface area contributed by atoms with Crippen molar-refractivity contribution in [2.75, 3.05) is 0 Å². The summed E-state index contributed by atoms with van der Waals surface area (Å²) < 4.78 is 0. The van der Waals surface area contributed by atoms with Crippen LogP contribution < -0.4 is 0 Å². The summed E-state index contributed by atoms with van der Waals surface area (Å²) in [6.45, 7) is 6.21. The summed E-state index contributed by atoms with van der Waals surface area (Å²) in [6, 6.07) is 6.36. The van der Waals surface area contributed by atoms with Gasteiger partial charge in [0.2, 0.25) is 0 Å². The first-order chi connectivity index (χ1) is 7.11. The van der Waals surface area contributed by atoms with Crippen LogP contribution in [0.2, 0.25) is 0 Å². The molecule has 0 radical (unpaired) electrons. The van der Waals surface area contributed by atoms with Gasteiger partial charge in [0.05, 0.1) is 5.52 Å². The number of aromatic nitrogens is 1. The van der Waals surface area contributed by atoms with Gasteiger partial charge < -0.3 is 0 Å². The molecule has 1 nitrogen and oxygen atoms in total. The second-order valence-corrected chi connectivity index (χ2v) is 4.30. The van der Waals surface area contributed by atoms with Gasteiger partial charge in [0.1, 0.15) is 0 Å². The third-order valence-electron chi connectivity index (χ3n) is 2.60. The molecule has 0 aliphatic rings. The Labute approximate surface area is 95.1 Å². The van der Waals surface area contributed by atoms with E-state index in [0.717, 1.165) is 11.2 Å². The molecule has 0 amide bonds. The Bertz CT molecular complexity index is 512. The first kappa shape index (κ1) is 10.4. The molecule has 1 aromatic heterocycles. The highest BCUT2D eigenvalue weighted by Gasteiger charge is 2.06. The maximum atomic E-state index is 5.96. The van der Waals surface area contributed by atoms with Gasteiger partial charge in [0.25, 0.3) is 0 Å². The number of hydrogen-bond acceptors (Lipinski definition) is 1. The minimum Gasteiger partial charge on any atom is -0.253 e. The van der Waals surface area contributed by atoms with Crippen LogP contribution in [0.15, 0.2) is 18.2 Å². The second kappa shape index (κ2) is 3.82. The second-order valence-electron chi connectivity index (χ2n) is 4.03. The number of aryl methyl sites for hydroxylation is 3. The predicted molar refractivity (Wildman–Crippen MR) is 65.5 cm³/mol. The van der Waals surface area contributed by atoms with Crippen LogP contribution in [0.3, 0.4) is 0 Å². The number of halogens is 1. The predicted octanol–water partition coefficient (Wildman–Crippen LogP) is 3.90. The summed E-state index contributed by atoms with van der Waals surface area (Å²) in [6.07, 6.45) is 0. The molecule has 0 saturated heterocycles. The van der Waals surface area contributed by atoms with E-state index in [1.54, 1.807) is 0 Å². The number of hydrogen-bond donors (Lipinski definition) is 0. The molecule has 0 saturated carbocycles. The Morgan fingerprint density at radius 1 is 1.13 bits per heavy atom. The van der Waals surface area contributed by atoms with Crippen molar-refractivity contribution in [1.29, 1.82) is 0 Å². The van der Waals surface area contributed by atoms with Crippen molar-refractivity contribution in [3.8, 4) is 0 Å². The van der Waals surface area contributed by atoms with Crippen LogP contribution in [0, 0.1) is 20.8 Å². The third-order valence-corrected chi connectivity index (χ3v) is 2.89. The Hall–Kier alpha value is -1.08. The topological polar surface area (TPSA) is 12.9 Å². The molecule has 0 aliphatic heterocycles. The highest BCUT2D eigenvalue weighted by molar-refractivity contribution is 6.18. The molecule has 2 aromatic rings. The zero-order valence-corrected chi connectivity index (χ0v) is 10.0. The zero-order chi connectivity index (χ0) is 11.0. The standard InChI is InChI=1S/C13H14ClN/c1-8-4-9(2)13-11(7-14)6-10(3)15-12(13)5-8/h4-6H,7H2,1-3H3. The lowest BCUT2D eigenvalue weighted by molar-refractivity contribution is 1.21.